The van der Waals surface area contributed by atoms with Gasteiger partial charge >= 0.3 is 0 Å². The Morgan fingerprint density at radius 2 is 2.07 bits per heavy atom. The summed E-state index contributed by atoms with van der Waals surface area (Å²) in [7, 11) is 0. The molecule has 0 radical (unpaired) electrons. The van der Waals surface area contributed by atoms with E-state index in [1.807, 2.05) is 43.0 Å². The average Bonchev–Trinajstić information content (AvgIpc) is 3.37. The average molecular weight is 367 g/mol. The summed E-state index contributed by atoms with van der Waals surface area (Å²) in [5.74, 6) is 2.25. The molecule has 0 N–H and O–H groups in total. The summed E-state index contributed by atoms with van der Waals surface area (Å²) in [6.07, 6.45) is 2.07. The van der Waals surface area contributed by atoms with E-state index >= 15 is 0 Å². The number of ether oxygens (including phenoxy) is 1. The van der Waals surface area contributed by atoms with Crippen molar-refractivity contribution in [3.63, 3.8) is 0 Å². The SMILES string of the molecule is CC(C)Oc1ccc(CN2CC(c3noc(-c4ccco4)n3)CC2=O)cc1. The zero-order valence-corrected chi connectivity index (χ0v) is 15.3. The van der Waals surface area contributed by atoms with Crippen molar-refractivity contribution in [2.45, 2.75) is 38.8 Å². The smallest absolute Gasteiger partial charge is 0.293 e. The zero-order chi connectivity index (χ0) is 18.8. The van der Waals surface area contributed by atoms with Gasteiger partial charge in [-0.15, -0.1) is 0 Å². The predicted molar refractivity (Wildman–Crippen MR) is 97.0 cm³/mol. The third-order valence-electron chi connectivity index (χ3n) is 4.42. The van der Waals surface area contributed by atoms with E-state index in [0.29, 0.717) is 37.0 Å². The summed E-state index contributed by atoms with van der Waals surface area (Å²) < 4.78 is 16.2. The molecule has 1 aromatic carbocycles. The molecule has 0 aliphatic carbocycles. The van der Waals surface area contributed by atoms with E-state index in [0.717, 1.165) is 11.3 Å². The third kappa shape index (κ3) is 3.86. The first kappa shape index (κ1) is 17.3. The fourth-order valence-corrected chi connectivity index (χ4v) is 3.16. The minimum absolute atomic E-state index is 0.0755. The quantitative estimate of drug-likeness (QED) is 0.662. The van der Waals surface area contributed by atoms with Crippen molar-refractivity contribution >= 4 is 5.91 Å². The molecular formula is C20H21N3O4. The fraction of sp³-hybridized carbons (Fsp3) is 0.350. The zero-order valence-electron chi connectivity index (χ0n) is 15.3. The first-order chi connectivity index (χ1) is 13.1. The molecule has 7 heteroatoms. The maximum Gasteiger partial charge on any atom is 0.293 e. The van der Waals surface area contributed by atoms with Crippen molar-refractivity contribution in [3.8, 4) is 17.4 Å². The van der Waals surface area contributed by atoms with Crippen LogP contribution >= 0.6 is 0 Å². The Morgan fingerprint density at radius 3 is 2.78 bits per heavy atom. The molecule has 1 unspecified atom stereocenters. The Hall–Kier alpha value is -3.09. The van der Waals surface area contributed by atoms with E-state index < -0.39 is 0 Å². The Morgan fingerprint density at radius 1 is 1.26 bits per heavy atom. The van der Waals surface area contributed by atoms with E-state index in [-0.39, 0.29) is 17.9 Å². The third-order valence-corrected chi connectivity index (χ3v) is 4.42. The molecule has 1 aliphatic heterocycles. The number of hydrogen-bond acceptors (Lipinski definition) is 6. The number of furan rings is 1. The molecule has 0 saturated carbocycles. The molecule has 1 amide bonds. The van der Waals surface area contributed by atoms with Gasteiger partial charge < -0.3 is 18.6 Å². The second-order valence-electron chi connectivity index (χ2n) is 6.92. The second-order valence-corrected chi connectivity index (χ2v) is 6.92. The monoisotopic (exact) mass is 367 g/mol. The lowest BCUT2D eigenvalue weighted by molar-refractivity contribution is -0.128. The lowest BCUT2D eigenvalue weighted by Gasteiger charge is -2.17. The van der Waals surface area contributed by atoms with Crippen LogP contribution in [-0.4, -0.2) is 33.6 Å². The maximum atomic E-state index is 12.4. The molecule has 1 saturated heterocycles. The first-order valence-corrected chi connectivity index (χ1v) is 8.99. The standard InChI is InChI=1S/C20H21N3O4/c1-13(2)26-16-7-5-14(6-8-16)11-23-12-15(10-18(23)24)19-21-20(27-22-19)17-4-3-9-25-17/h3-9,13,15H,10-12H2,1-2H3. The normalized spacial score (nSPS) is 17.1. The second kappa shape index (κ2) is 7.26. The van der Waals surface area contributed by atoms with Crippen molar-refractivity contribution in [1.29, 1.82) is 0 Å². The number of carbonyl (C=O) groups excluding carboxylic acids is 1. The van der Waals surface area contributed by atoms with E-state index in [1.54, 1.807) is 18.4 Å². The molecule has 1 atom stereocenters. The molecule has 4 rings (SSSR count). The predicted octanol–water partition coefficient (Wildman–Crippen LogP) is 3.63. The molecule has 3 heterocycles. The van der Waals surface area contributed by atoms with Crippen LogP contribution in [0.15, 0.2) is 51.6 Å². The van der Waals surface area contributed by atoms with Crippen LogP contribution in [0.2, 0.25) is 0 Å². The van der Waals surface area contributed by atoms with Crippen LogP contribution in [-0.2, 0) is 11.3 Å². The largest absolute Gasteiger partial charge is 0.491 e. The van der Waals surface area contributed by atoms with Crippen LogP contribution in [0, 0.1) is 0 Å². The molecule has 7 nitrogen and oxygen atoms in total. The van der Waals surface area contributed by atoms with Crippen molar-refractivity contribution in [3.05, 3.63) is 54.0 Å². The van der Waals surface area contributed by atoms with Gasteiger partial charge in [0.1, 0.15) is 5.75 Å². The van der Waals surface area contributed by atoms with Gasteiger partial charge in [0.2, 0.25) is 5.91 Å². The molecule has 3 aromatic rings. The first-order valence-electron chi connectivity index (χ1n) is 8.99. The van der Waals surface area contributed by atoms with Gasteiger partial charge in [-0.05, 0) is 43.7 Å². The number of amides is 1. The van der Waals surface area contributed by atoms with Gasteiger partial charge in [0.05, 0.1) is 12.4 Å². The molecular weight excluding hydrogens is 346 g/mol. The summed E-state index contributed by atoms with van der Waals surface area (Å²) in [4.78, 5) is 18.6. The lowest BCUT2D eigenvalue weighted by atomic mass is 10.1. The summed E-state index contributed by atoms with van der Waals surface area (Å²) in [6.45, 7) is 5.11. The molecule has 140 valence electrons. The van der Waals surface area contributed by atoms with Crippen LogP contribution in [0.4, 0.5) is 0 Å². The fourth-order valence-electron chi connectivity index (χ4n) is 3.16. The Labute approximate surface area is 156 Å². The molecule has 27 heavy (non-hydrogen) atoms. The van der Waals surface area contributed by atoms with Crippen molar-refractivity contribution < 1.29 is 18.5 Å². The van der Waals surface area contributed by atoms with E-state index in [4.69, 9.17) is 13.7 Å². The van der Waals surface area contributed by atoms with Crippen LogP contribution < -0.4 is 4.74 Å². The highest BCUT2D eigenvalue weighted by Crippen LogP contribution is 2.29. The van der Waals surface area contributed by atoms with Gasteiger partial charge in [0, 0.05) is 25.4 Å². The molecule has 0 bridgehead atoms. The highest BCUT2D eigenvalue weighted by molar-refractivity contribution is 5.79. The van der Waals surface area contributed by atoms with Gasteiger partial charge in [-0.2, -0.15) is 4.98 Å². The number of benzene rings is 1. The number of rotatable bonds is 6. The van der Waals surface area contributed by atoms with E-state index in [1.165, 1.54) is 0 Å². The van der Waals surface area contributed by atoms with Crippen LogP contribution in [0.1, 0.15) is 37.6 Å². The Kier molecular flexibility index (Phi) is 4.66. The maximum absolute atomic E-state index is 12.4. The summed E-state index contributed by atoms with van der Waals surface area (Å²) in [5.41, 5.74) is 1.06. The molecule has 2 aromatic heterocycles. The minimum Gasteiger partial charge on any atom is -0.491 e. The van der Waals surface area contributed by atoms with Gasteiger partial charge in [-0.25, -0.2) is 0 Å². The topological polar surface area (TPSA) is 81.6 Å². The number of hydrogen-bond donors (Lipinski definition) is 0. The highest BCUT2D eigenvalue weighted by atomic mass is 16.5. The molecule has 0 spiro atoms. The molecule has 1 aliphatic rings. The molecule has 1 fully saturated rings. The van der Waals surface area contributed by atoms with Gasteiger partial charge in [0.15, 0.2) is 11.6 Å². The number of nitrogens with zero attached hydrogens (tertiary/aromatic N) is 3. The summed E-state index contributed by atoms with van der Waals surface area (Å²) >= 11 is 0. The summed E-state index contributed by atoms with van der Waals surface area (Å²) in [6, 6.07) is 11.4. The number of carbonyl (C=O) groups is 1. The van der Waals surface area contributed by atoms with Crippen molar-refractivity contribution in [2.24, 2.45) is 0 Å². The van der Waals surface area contributed by atoms with Gasteiger partial charge in [-0.1, -0.05) is 17.3 Å². The van der Waals surface area contributed by atoms with Crippen molar-refractivity contribution in [2.75, 3.05) is 6.54 Å². The van der Waals surface area contributed by atoms with Crippen molar-refractivity contribution in [1.82, 2.24) is 15.0 Å². The van der Waals surface area contributed by atoms with E-state index in [2.05, 4.69) is 10.1 Å². The summed E-state index contributed by atoms with van der Waals surface area (Å²) in [5, 5.41) is 4.03. The number of aromatic nitrogens is 2. The Balaban J connectivity index is 1.40. The number of likely N-dealkylation sites (tertiary alicyclic amines) is 1. The van der Waals surface area contributed by atoms with E-state index in [9.17, 15) is 4.79 Å². The highest BCUT2D eigenvalue weighted by Gasteiger charge is 2.34. The van der Waals surface area contributed by atoms with Gasteiger partial charge in [0.25, 0.3) is 5.89 Å². The van der Waals surface area contributed by atoms with Crippen LogP contribution in [0.3, 0.4) is 0 Å². The minimum atomic E-state index is -0.0755. The lowest BCUT2D eigenvalue weighted by Crippen LogP contribution is -2.24. The Bertz CT molecular complexity index is 900. The van der Waals surface area contributed by atoms with Gasteiger partial charge in [-0.3, -0.25) is 4.79 Å². The van der Waals surface area contributed by atoms with Crippen LogP contribution in [0.5, 0.6) is 5.75 Å². The van der Waals surface area contributed by atoms with Crippen LogP contribution in [0.25, 0.3) is 11.7 Å².